The molecule has 0 aliphatic carbocycles. The number of hydrogen-bond acceptors (Lipinski definition) is 4. The number of rotatable bonds is 5. The van der Waals surface area contributed by atoms with Crippen LogP contribution in [0.15, 0.2) is 35.3 Å². The van der Waals surface area contributed by atoms with Gasteiger partial charge in [0, 0.05) is 0 Å². The van der Waals surface area contributed by atoms with Crippen LogP contribution >= 0.6 is 0 Å². The molecule has 0 heterocycles. The van der Waals surface area contributed by atoms with E-state index >= 15 is 0 Å². The molecule has 4 nitrogen and oxygen atoms in total. The van der Waals surface area contributed by atoms with Crippen molar-refractivity contribution in [2.45, 2.75) is 39.8 Å². The summed E-state index contributed by atoms with van der Waals surface area (Å²) < 4.78 is 5.18. The second-order valence-electron chi connectivity index (χ2n) is 5.59. The third-order valence-electron chi connectivity index (χ3n) is 2.51. The van der Waals surface area contributed by atoms with Crippen molar-refractivity contribution in [2.24, 2.45) is 10.4 Å². The van der Waals surface area contributed by atoms with E-state index in [4.69, 9.17) is 4.74 Å². The van der Waals surface area contributed by atoms with Gasteiger partial charge in [-0.3, -0.25) is 0 Å². The fourth-order valence-electron chi connectivity index (χ4n) is 1.65. The van der Waals surface area contributed by atoms with Crippen molar-refractivity contribution in [3.8, 4) is 0 Å². The Kier molecular flexibility index (Phi) is 5.46. The maximum Gasteiger partial charge on any atom is 0.332 e. The van der Waals surface area contributed by atoms with Crippen molar-refractivity contribution in [1.82, 2.24) is 0 Å². The average molecular weight is 261 g/mol. The SMILES string of the molecule is CC(C)(C)CC(N=C=O)C(=O)OCc1ccccc1. The molecule has 0 amide bonds. The van der Waals surface area contributed by atoms with Crippen LogP contribution < -0.4 is 0 Å². The Hall–Kier alpha value is -1.93. The fourth-order valence-corrected chi connectivity index (χ4v) is 1.65. The second kappa shape index (κ2) is 6.86. The van der Waals surface area contributed by atoms with Gasteiger partial charge < -0.3 is 4.74 Å². The molecule has 0 N–H and O–H groups in total. The molecule has 0 spiro atoms. The van der Waals surface area contributed by atoms with E-state index in [9.17, 15) is 9.59 Å². The first kappa shape index (κ1) is 15.1. The van der Waals surface area contributed by atoms with Crippen molar-refractivity contribution in [1.29, 1.82) is 0 Å². The first-order valence-electron chi connectivity index (χ1n) is 6.20. The topological polar surface area (TPSA) is 55.7 Å². The lowest BCUT2D eigenvalue weighted by atomic mass is 9.88. The number of benzene rings is 1. The molecule has 1 aromatic carbocycles. The Labute approximate surface area is 113 Å². The minimum absolute atomic E-state index is 0.114. The van der Waals surface area contributed by atoms with E-state index in [-0.39, 0.29) is 12.0 Å². The molecule has 1 atom stereocenters. The van der Waals surface area contributed by atoms with E-state index in [2.05, 4.69) is 4.99 Å². The smallest absolute Gasteiger partial charge is 0.332 e. The minimum Gasteiger partial charge on any atom is -0.459 e. The molecular formula is C15H19NO3. The lowest BCUT2D eigenvalue weighted by Crippen LogP contribution is -2.26. The zero-order valence-electron chi connectivity index (χ0n) is 11.6. The van der Waals surface area contributed by atoms with Gasteiger partial charge in [-0.2, -0.15) is 4.99 Å². The summed E-state index contributed by atoms with van der Waals surface area (Å²) in [5, 5.41) is 0. The molecule has 4 heteroatoms. The van der Waals surface area contributed by atoms with Crippen LogP contribution in [0, 0.1) is 5.41 Å². The van der Waals surface area contributed by atoms with Crippen molar-refractivity contribution in [3.05, 3.63) is 35.9 Å². The molecule has 0 bridgehead atoms. The summed E-state index contributed by atoms with van der Waals surface area (Å²) in [6.07, 6.45) is 1.90. The van der Waals surface area contributed by atoms with E-state index in [1.807, 2.05) is 51.1 Å². The maximum atomic E-state index is 11.9. The summed E-state index contributed by atoms with van der Waals surface area (Å²) in [5.74, 6) is -0.484. The number of aliphatic imine (C=N–C) groups is 1. The normalized spacial score (nSPS) is 12.4. The molecular weight excluding hydrogens is 242 g/mol. The molecule has 0 saturated carbocycles. The van der Waals surface area contributed by atoms with Crippen molar-refractivity contribution in [3.63, 3.8) is 0 Å². The highest BCUT2D eigenvalue weighted by Crippen LogP contribution is 2.23. The van der Waals surface area contributed by atoms with E-state index in [1.165, 1.54) is 6.08 Å². The zero-order valence-corrected chi connectivity index (χ0v) is 11.6. The standard InChI is InChI=1S/C15H19NO3/c1-15(2,3)9-13(16-11-17)14(18)19-10-12-7-5-4-6-8-12/h4-8,13H,9-10H2,1-3H3. The third-order valence-corrected chi connectivity index (χ3v) is 2.51. The van der Waals surface area contributed by atoms with Gasteiger partial charge >= 0.3 is 5.97 Å². The van der Waals surface area contributed by atoms with E-state index in [1.54, 1.807) is 0 Å². The van der Waals surface area contributed by atoms with Crippen LogP contribution in [-0.2, 0) is 20.9 Å². The van der Waals surface area contributed by atoms with Crippen LogP contribution in [-0.4, -0.2) is 18.1 Å². The van der Waals surface area contributed by atoms with E-state index in [0.717, 1.165) is 5.56 Å². The predicted molar refractivity (Wildman–Crippen MR) is 72.2 cm³/mol. The molecule has 102 valence electrons. The van der Waals surface area contributed by atoms with Gasteiger partial charge in [-0.25, -0.2) is 9.59 Å². The number of nitrogens with zero attached hydrogens (tertiary/aromatic N) is 1. The van der Waals surface area contributed by atoms with Gasteiger partial charge in [-0.1, -0.05) is 51.1 Å². The number of carbonyl (C=O) groups is 1. The van der Waals surface area contributed by atoms with Gasteiger partial charge in [0.15, 0.2) is 6.04 Å². The Morgan fingerprint density at radius 1 is 1.32 bits per heavy atom. The van der Waals surface area contributed by atoms with Gasteiger partial charge in [-0.15, -0.1) is 0 Å². The Balaban J connectivity index is 2.60. The third kappa shape index (κ3) is 5.98. The molecule has 0 aliphatic heterocycles. The molecule has 1 aromatic rings. The highest BCUT2D eigenvalue weighted by Gasteiger charge is 2.25. The first-order valence-corrected chi connectivity index (χ1v) is 6.20. The Morgan fingerprint density at radius 3 is 2.47 bits per heavy atom. The predicted octanol–water partition coefficient (Wildman–Crippen LogP) is 2.87. The molecule has 1 unspecified atom stereocenters. The Morgan fingerprint density at radius 2 is 1.95 bits per heavy atom. The minimum atomic E-state index is -0.777. The quantitative estimate of drug-likeness (QED) is 0.465. The van der Waals surface area contributed by atoms with Gasteiger partial charge in [0.05, 0.1) is 0 Å². The van der Waals surface area contributed by atoms with Crippen LogP contribution in [0.3, 0.4) is 0 Å². The maximum absolute atomic E-state index is 11.9. The number of carbonyl (C=O) groups excluding carboxylic acids is 2. The summed E-state index contributed by atoms with van der Waals surface area (Å²) in [6.45, 7) is 6.12. The van der Waals surface area contributed by atoms with Gasteiger partial charge in [0.25, 0.3) is 0 Å². The molecule has 1 rings (SSSR count). The van der Waals surface area contributed by atoms with Crippen LogP contribution in [0.5, 0.6) is 0 Å². The summed E-state index contributed by atoms with van der Waals surface area (Å²) in [4.78, 5) is 25.8. The van der Waals surface area contributed by atoms with Crippen molar-refractivity contribution < 1.29 is 14.3 Å². The van der Waals surface area contributed by atoms with Crippen molar-refractivity contribution >= 4 is 12.0 Å². The summed E-state index contributed by atoms with van der Waals surface area (Å²) in [6, 6.07) is 8.61. The van der Waals surface area contributed by atoms with Crippen molar-refractivity contribution in [2.75, 3.05) is 0 Å². The van der Waals surface area contributed by atoms with E-state index in [0.29, 0.717) is 6.42 Å². The van der Waals surface area contributed by atoms with Crippen LogP contribution in [0.1, 0.15) is 32.8 Å². The average Bonchev–Trinajstić information content (AvgIpc) is 2.35. The number of esters is 1. The highest BCUT2D eigenvalue weighted by molar-refractivity contribution is 5.77. The number of ether oxygens (including phenoxy) is 1. The molecule has 19 heavy (non-hydrogen) atoms. The molecule has 0 saturated heterocycles. The van der Waals surface area contributed by atoms with Gasteiger partial charge in [-0.05, 0) is 17.4 Å². The van der Waals surface area contributed by atoms with Crippen LogP contribution in [0.2, 0.25) is 0 Å². The van der Waals surface area contributed by atoms with Gasteiger partial charge in [0.1, 0.15) is 6.61 Å². The van der Waals surface area contributed by atoms with Crippen LogP contribution in [0.25, 0.3) is 0 Å². The lowest BCUT2D eigenvalue weighted by molar-refractivity contribution is -0.147. The summed E-state index contributed by atoms with van der Waals surface area (Å²) in [5.41, 5.74) is 0.789. The van der Waals surface area contributed by atoms with E-state index < -0.39 is 12.0 Å². The first-order chi connectivity index (χ1) is 8.92. The highest BCUT2D eigenvalue weighted by atomic mass is 16.5. The van der Waals surface area contributed by atoms with Gasteiger partial charge in [0.2, 0.25) is 6.08 Å². The molecule has 0 aliphatic rings. The number of isocyanates is 1. The molecule has 0 fully saturated rings. The monoisotopic (exact) mass is 261 g/mol. The number of hydrogen-bond donors (Lipinski definition) is 0. The largest absolute Gasteiger partial charge is 0.459 e. The fraction of sp³-hybridized carbons (Fsp3) is 0.467. The summed E-state index contributed by atoms with van der Waals surface area (Å²) >= 11 is 0. The zero-order chi connectivity index (χ0) is 14.3. The summed E-state index contributed by atoms with van der Waals surface area (Å²) in [7, 11) is 0. The molecule has 0 aromatic heterocycles. The second-order valence-corrected chi connectivity index (χ2v) is 5.59. The lowest BCUT2D eigenvalue weighted by Gasteiger charge is -2.21. The molecule has 0 radical (unpaired) electrons. The van der Waals surface area contributed by atoms with Crippen LogP contribution in [0.4, 0.5) is 0 Å². The Bertz CT molecular complexity index is 456.